The molecule has 2 aromatic carbocycles. The van der Waals surface area contributed by atoms with Crippen LogP contribution in [0.25, 0.3) is 0 Å². The molecule has 2 aromatic rings. The van der Waals surface area contributed by atoms with E-state index >= 15 is 0 Å². The van der Waals surface area contributed by atoms with Crippen LogP contribution in [0, 0.1) is 0 Å². The molecule has 2 rings (SSSR count). The highest BCUT2D eigenvalue weighted by Gasteiger charge is 2.34. The third-order valence-corrected chi connectivity index (χ3v) is 8.15. The smallest absolute Gasteiger partial charge is 0.401 e. The predicted molar refractivity (Wildman–Crippen MR) is 183 cm³/mol. The number of rotatable bonds is 10. The number of benzene rings is 2. The minimum atomic E-state index is -2.02. The van der Waals surface area contributed by atoms with Crippen molar-refractivity contribution in [2.24, 2.45) is 0 Å². The Morgan fingerprint density at radius 3 is 1.02 bits per heavy atom. The molecule has 0 N–H and O–H groups in total. The average Bonchev–Trinajstić information content (AvgIpc) is 2.87. The van der Waals surface area contributed by atoms with Crippen molar-refractivity contribution in [1.29, 1.82) is 0 Å². The van der Waals surface area contributed by atoms with E-state index in [0.29, 0.717) is 35.8 Å². The lowest BCUT2D eigenvalue weighted by Crippen LogP contribution is -2.22. The lowest BCUT2D eigenvalue weighted by Gasteiger charge is -2.33. The van der Waals surface area contributed by atoms with Gasteiger partial charge in [-0.1, -0.05) is 96.9 Å². The van der Waals surface area contributed by atoms with Gasteiger partial charge in [-0.05, 0) is 70.0 Å². The van der Waals surface area contributed by atoms with Crippen LogP contribution in [0.5, 0.6) is 11.5 Å². The molecule has 0 aliphatic heterocycles. The Morgan fingerprint density at radius 2 is 0.818 bits per heavy atom. The molecule has 0 bridgehead atoms. The highest BCUT2D eigenvalue weighted by molar-refractivity contribution is 7.76. The summed E-state index contributed by atoms with van der Waals surface area (Å²) >= 11 is 7.02. The molecule has 0 saturated carbocycles. The topological polar surface area (TPSA) is 71.1 Å². The maximum Gasteiger partial charge on any atom is 0.401 e. The molecule has 0 amide bonds. The van der Waals surface area contributed by atoms with E-state index in [4.69, 9.17) is 29.8 Å². The van der Waals surface area contributed by atoms with Gasteiger partial charge in [-0.15, -0.1) is 0 Å². The summed E-state index contributed by atoms with van der Waals surface area (Å²) in [4.78, 5) is 26.0. The summed E-state index contributed by atoms with van der Waals surface area (Å²) in [5, 5.41) is 0. The zero-order valence-corrected chi connectivity index (χ0v) is 31.1. The minimum Gasteiger partial charge on any atom is -0.462 e. The molecule has 6 nitrogen and oxygen atoms in total. The van der Waals surface area contributed by atoms with Crippen LogP contribution < -0.4 is 9.05 Å². The number of halogens is 1. The second-order valence-corrected chi connectivity index (χ2v) is 17.1. The van der Waals surface area contributed by atoms with Crippen LogP contribution in [-0.2, 0) is 31.1 Å². The highest BCUT2D eigenvalue weighted by Crippen LogP contribution is 2.54. The van der Waals surface area contributed by atoms with E-state index in [1.54, 1.807) is 0 Å². The summed E-state index contributed by atoms with van der Waals surface area (Å²) in [6.45, 7) is 29.6. The van der Waals surface area contributed by atoms with Crippen LogP contribution in [0.3, 0.4) is 0 Å². The molecule has 8 heteroatoms. The molecule has 0 aliphatic rings. The number of carbonyl (C=O) groups excluding carboxylic acids is 2. The van der Waals surface area contributed by atoms with E-state index < -0.39 is 7.73 Å². The van der Waals surface area contributed by atoms with Crippen LogP contribution >= 0.6 is 19.0 Å². The van der Waals surface area contributed by atoms with Gasteiger partial charge in [0, 0.05) is 22.3 Å². The van der Waals surface area contributed by atoms with E-state index in [1.807, 2.05) is 38.1 Å². The molecule has 0 unspecified atom stereocenters. The standard InChI is InChI=1S/C36H54ClO6P/c1-15-17-40-31(38)23-19-25(33(3,4)5)29(26(20-23)34(6,7)8)42-44(37)43-30-27(35(9,10)11)21-24(32(39)41-18-16-2)22-28(30)36(12,13)14/h19-22H,15-18H2,1-14H3. The van der Waals surface area contributed by atoms with Gasteiger partial charge >= 0.3 is 19.7 Å². The average molecular weight is 649 g/mol. The number of hydrogen-bond donors (Lipinski definition) is 0. The third kappa shape index (κ3) is 9.85. The largest absolute Gasteiger partial charge is 0.462 e. The van der Waals surface area contributed by atoms with Gasteiger partial charge in [-0.25, -0.2) is 9.59 Å². The van der Waals surface area contributed by atoms with Crippen LogP contribution in [0.15, 0.2) is 24.3 Å². The van der Waals surface area contributed by atoms with Gasteiger partial charge in [0.15, 0.2) is 0 Å². The zero-order chi connectivity index (χ0) is 33.8. The molecule has 0 heterocycles. The number of carbonyl (C=O) groups is 2. The summed E-state index contributed by atoms with van der Waals surface area (Å²) < 4.78 is 24.1. The SMILES string of the molecule is CCCOC(=O)c1cc(C(C)(C)C)c(OP(Cl)Oc2c(C(C)(C)C)cc(C(=O)OCCC)cc2C(C)(C)C)c(C(C)(C)C)c1. The quantitative estimate of drug-likeness (QED) is 0.188. The van der Waals surface area contributed by atoms with Crippen molar-refractivity contribution in [1.82, 2.24) is 0 Å². The van der Waals surface area contributed by atoms with Gasteiger partial charge in [0.05, 0.1) is 24.3 Å². The first-order valence-corrected chi connectivity index (χ1v) is 17.6. The van der Waals surface area contributed by atoms with Crippen LogP contribution in [0.1, 0.15) is 153 Å². The van der Waals surface area contributed by atoms with Gasteiger partial charge < -0.3 is 18.5 Å². The van der Waals surface area contributed by atoms with Crippen molar-refractivity contribution >= 4 is 30.9 Å². The van der Waals surface area contributed by atoms with E-state index in [9.17, 15) is 9.59 Å². The van der Waals surface area contributed by atoms with Crippen molar-refractivity contribution in [3.63, 3.8) is 0 Å². The van der Waals surface area contributed by atoms with E-state index in [2.05, 4.69) is 83.1 Å². The molecule has 0 saturated heterocycles. The fraction of sp³-hybridized carbons (Fsp3) is 0.611. The molecular weight excluding hydrogens is 595 g/mol. The number of esters is 2. The molecule has 0 spiro atoms. The second kappa shape index (κ2) is 14.4. The molecule has 246 valence electrons. The Morgan fingerprint density at radius 1 is 0.568 bits per heavy atom. The van der Waals surface area contributed by atoms with Gasteiger partial charge in [0.1, 0.15) is 11.5 Å². The van der Waals surface area contributed by atoms with Gasteiger partial charge in [-0.3, -0.25) is 0 Å². The van der Waals surface area contributed by atoms with Crippen molar-refractivity contribution in [2.75, 3.05) is 13.2 Å². The summed E-state index contributed by atoms with van der Waals surface area (Å²) in [5.41, 5.74) is 2.81. The van der Waals surface area contributed by atoms with Crippen molar-refractivity contribution < 1.29 is 28.1 Å². The lowest BCUT2D eigenvalue weighted by atomic mass is 9.78. The van der Waals surface area contributed by atoms with E-state index in [-0.39, 0.29) is 33.6 Å². The first kappa shape index (κ1) is 37.9. The number of hydrogen-bond acceptors (Lipinski definition) is 6. The van der Waals surface area contributed by atoms with Crippen LogP contribution in [0.2, 0.25) is 0 Å². The van der Waals surface area contributed by atoms with Crippen LogP contribution in [-0.4, -0.2) is 25.2 Å². The first-order valence-electron chi connectivity index (χ1n) is 15.6. The number of ether oxygens (including phenoxy) is 2. The van der Waals surface area contributed by atoms with E-state index in [0.717, 1.165) is 35.1 Å². The summed E-state index contributed by atoms with van der Waals surface area (Å²) in [5.74, 6) is 0.488. The van der Waals surface area contributed by atoms with Crippen molar-refractivity contribution in [3.8, 4) is 11.5 Å². The normalized spacial score (nSPS) is 12.7. The fourth-order valence-electron chi connectivity index (χ4n) is 4.64. The Bertz CT molecular complexity index is 1150. The van der Waals surface area contributed by atoms with Crippen molar-refractivity contribution in [3.05, 3.63) is 57.6 Å². The third-order valence-electron chi connectivity index (χ3n) is 7.08. The van der Waals surface area contributed by atoms with Gasteiger partial charge in [0.2, 0.25) is 0 Å². The Kier molecular flexibility index (Phi) is 12.4. The lowest BCUT2D eigenvalue weighted by molar-refractivity contribution is 0.0495. The molecular formula is C36H54ClO6P. The molecule has 0 atom stereocenters. The monoisotopic (exact) mass is 648 g/mol. The molecule has 0 fully saturated rings. The maximum atomic E-state index is 13.0. The minimum absolute atomic E-state index is 0.356. The summed E-state index contributed by atoms with van der Waals surface area (Å²) in [6, 6.07) is 7.39. The first-order chi connectivity index (χ1) is 20.0. The molecule has 44 heavy (non-hydrogen) atoms. The highest BCUT2D eigenvalue weighted by atomic mass is 35.7. The summed E-state index contributed by atoms with van der Waals surface area (Å²) in [6.07, 6.45) is 1.49. The maximum absolute atomic E-state index is 13.0. The predicted octanol–water partition coefficient (Wildman–Crippen LogP) is 10.9. The van der Waals surface area contributed by atoms with Crippen LogP contribution in [0.4, 0.5) is 0 Å². The molecule has 0 aliphatic carbocycles. The van der Waals surface area contributed by atoms with Gasteiger partial charge in [-0.2, -0.15) is 0 Å². The molecule has 0 aromatic heterocycles. The Labute approximate surface area is 272 Å². The fourth-order valence-corrected chi connectivity index (χ4v) is 5.77. The second-order valence-electron chi connectivity index (χ2n) is 15.5. The summed E-state index contributed by atoms with van der Waals surface area (Å²) in [7, 11) is -2.02. The van der Waals surface area contributed by atoms with Gasteiger partial charge in [0.25, 0.3) is 0 Å². The Hall–Kier alpha value is -2.30. The van der Waals surface area contributed by atoms with E-state index in [1.165, 1.54) is 0 Å². The van der Waals surface area contributed by atoms with Crippen molar-refractivity contribution in [2.45, 2.75) is 131 Å². The molecule has 0 radical (unpaired) electrons. The Balaban J connectivity index is 2.74. The zero-order valence-electron chi connectivity index (χ0n) is 29.4.